The minimum absolute atomic E-state index is 0.158. The van der Waals surface area contributed by atoms with Crippen molar-refractivity contribution in [3.05, 3.63) is 187 Å². The second-order valence-corrected chi connectivity index (χ2v) is 14.7. The summed E-state index contributed by atoms with van der Waals surface area (Å²) in [5.41, 5.74) is 15.9. The molecule has 1 spiro atoms. The van der Waals surface area contributed by atoms with E-state index in [0.29, 0.717) is 17.5 Å². The van der Waals surface area contributed by atoms with Crippen LogP contribution in [0.1, 0.15) is 43.2 Å². The zero-order chi connectivity index (χ0) is 35.9. The first kappa shape index (κ1) is 32.2. The van der Waals surface area contributed by atoms with Crippen molar-refractivity contribution in [1.29, 1.82) is 0 Å². The Morgan fingerprint density at radius 2 is 0.796 bits per heavy atom. The van der Waals surface area contributed by atoms with Crippen molar-refractivity contribution in [2.24, 2.45) is 0 Å². The molecule has 258 valence electrons. The quantitative estimate of drug-likeness (QED) is 0.174. The summed E-state index contributed by atoms with van der Waals surface area (Å²) in [4.78, 5) is 15.1. The van der Waals surface area contributed by atoms with E-state index in [2.05, 4.69) is 140 Å². The molecule has 0 atom stereocenters. The summed E-state index contributed by atoms with van der Waals surface area (Å²) >= 11 is 0. The van der Waals surface area contributed by atoms with Crippen LogP contribution in [0.3, 0.4) is 0 Å². The van der Waals surface area contributed by atoms with E-state index in [-0.39, 0.29) is 5.41 Å². The van der Waals surface area contributed by atoms with Crippen molar-refractivity contribution in [3.63, 3.8) is 0 Å². The first-order chi connectivity index (χ1) is 26.7. The maximum absolute atomic E-state index is 5.07. The predicted molar refractivity (Wildman–Crippen MR) is 222 cm³/mol. The molecule has 1 saturated carbocycles. The molecule has 10 rings (SSSR count). The van der Waals surface area contributed by atoms with Crippen LogP contribution in [0.25, 0.3) is 78.7 Å². The fourth-order valence-corrected chi connectivity index (χ4v) is 8.93. The van der Waals surface area contributed by atoms with Crippen LogP contribution in [0.4, 0.5) is 0 Å². The average Bonchev–Trinajstić information content (AvgIpc) is 3.52. The van der Waals surface area contributed by atoms with Crippen LogP contribution in [0.15, 0.2) is 176 Å². The van der Waals surface area contributed by atoms with Crippen LogP contribution in [-0.4, -0.2) is 15.0 Å². The van der Waals surface area contributed by atoms with E-state index >= 15 is 0 Å². The number of hydrogen-bond acceptors (Lipinski definition) is 3. The maximum Gasteiger partial charge on any atom is 0.164 e. The van der Waals surface area contributed by atoms with Gasteiger partial charge in [-0.15, -0.1) is 0 Å². The molecule has 54 heavy (non-hydrogen) atoms. The SMILES string of the molecule is c1ccc(-c2nc(-c3ccccc3)nc(-c3ccc(-c4ccccc4)c(-c4cccc(-c5ccc6c(c5)-c5ccccc5C65CCCCC5)c4)c3)n2)cc1. The fraction of sp³-hybridized carbons (Fsp3) is 0.118. The van der Waals surface area contributed by atoms with Gasteiger partial charge in [0.1, 0.15) is 0 Å². The summed E-state index contributed by atoms with van der Waals surface area (Å²) in [7, 11) is 0. The molecule has 0 N–H and O–H groups in total. The number of fused-ring (bicyclic) bond motifs is 5. The summed E-state index contributed by atoms with van der Waals surface area (Å²) in [6.07, 6.45) is 6.42. The highest BCUT2D eigenvalue weighted by Gasteiger charge is 2.43. The molecule has 1 aromatic heterocycles. The number of rotatable bonds is 6. The molecule has 2 aliphatic carbocycles. The van der Waals surface area contributed by atoms with Gasteiger partial charge in [-0.2, -0.15) is 0 Å². The van der Waals surface area contributed by atoms with E-state index in [1.165, 1.54) is 76.6 Å². The molecule has 1 fully saturated rings. The van der Waals surface area contributed by atoms with Crippen LogP contribution < -0.4 is 0 Å². The van der Waals surface area contributed by atoms with Gasteiger partial charge in [-0.3, -0.25) is 0 Å². The fourth-order valence-electron chi connectivity index (χ4n) is 8.93. The van der Waals surface area contributed by atoms with Crippen LogP contribution in [0.2, 0.25) is 0 Å². The van der Waals surface area contributed by atoms with Gasteiger partial charge in [-0.05, 0) is 86.7 Å². The number of nitrogens with zero attached hydrogens (tertiary/aromatic N) is 3. The van der Waals surface area contributed by atoms with Gasteiger partial charge in [0.15, 0.2) is 17.5 Å². The molecule has 0 saturated heterocycles. The summed E-state index contributed by atoms with van der Waals surface area (Å²) in [6, 6.07) is 63.0. The lowest BCUT2D eigenvalue weighted by atomic mass is 9.68. The second-order valence-electron chi connectivity index (χ2n) is 14.7. The molecule has 8 aromatic rings. The van der Waals surface area contributed by atoms with Gasteiger partial charge in [0.25, 0.3) is 0 Å². The van der Waals surface area contributed by atoms with Gasteiger partial charge in [-0.1, -0.05) is 177 Å². The Labute approximate surface area is 317 Å². The van der Waals surface area contributed by atoms with Crippen LogP contribution in [0.5, 0.6) is 0 Å². The van der Waals surface area contributed by atoms with E-state index in [1.54, 1.807) is 0 Å². The Hall–Kier alpha value is -6.45. The monoisotopic (exact) mass is 693 g/mol. The highest BCUT2D eigenvalue weighted by molar-refractivity contribution is 5.90. The molecule has 3 nitrogen and oxygen atoms in total. The summed E-state index contributed by atoms with van der Waals surface area (Å²) < 4.78 is 0. The van der Waals surface area contributed by atoms with Crippen LogP contribution >= 0.6 is 0 Å². The largest absolute Gasteiger partial charge is 0.208 e. The van der Waals surface area contributed by atoms with E-state index in [9.17, 15) is 0 Å². The van der Waals surface area contributed by atoms with Gasteiger partial charge in [0, 0.05) is 22.1 Å². The molecule has 0 amide bonds. The topological polar surface area (TPSA) is 38.7 Å². The highest BCUT2D eigenvalue weighted by atomic mass is 15.0. The van der Waals surface area contributed by atoms with Gasteiger partial charge in [-0.25, -0.2) is 15.0 Å². The zero-order valence-electron chi connectivity index (χ0n) is 30.1. The predicted octanol–water partition coefficient (Wildman–Crippen LogP) is 13.1. The average molecular weight is 694 g/mol. The molecule has 0 radical (unpaired) electrons. The minimum atomic E-state index is 0.158. The molecular weight excluding hydrogens is 655 g/mol. The number of aromatic nitrogens is 3. The van der Waals surface area contributed by atoms with Gasteiger partial charge < -0.3 is 0 Å². The molecule has 1 heterocycles. The van der Waals surface area contributed by atoms with Crippen LogP contribution in [-0.2, 0) is 5.41 Å². The molecule has 3 heteroatoms. The number of hydrogen-bond donors (Lipinski definition) is 0. The standard InChI is InChI=1S/C51H39N3/c1-5-16-35(17-6-1)42-28-26-41(50-53-48(36-18-7-2-8-19-36)52-49(54-50)37-20-9-3-10-21-37)34-44(42)40-23-15-22-38(32-40)39-27-29-47-45(33-39)43-24-11-12-25-46(43)51(47)30-13-4-14-31-51/h1-3,5-12,15-29,32-34H,4,13-14,30-31H2. The molecular formula is C51H39N3. The maximum atomic E-state index is 5.07. The van der Waals surface area contributed by atoms with Crippen molar-refractivity contribution in [2.45, 2.75) is 37.5 Å². The molecule has 0 aliphatic heterocycles. The zero-order valence-corrected chi connectivity index (χ0v) is 30.1. The minimum Gasteiger partial charge on any atom is -0.208 e. The van der Waals surface area contributed by atoms with Crippen molar-refractivity contribution in [2.75, 3.05) is 0 Å². The smallest absolute Gasteiger partial charge is 0.164 e. The van der Waals surface area contributed by atoms with Gasteiger partial charge in [0.2, 0.25) is 0 Å². The third-order valence-electron chi connectivity index (χ3n) is 11.5. The summed E-state index contributed by atoms with van der Waals surface area (Å²) in [5, 5.41) is 0. The molecule has 0 bridgehead atoms. The molecule has 0 unspecified atom stereocenters. The van der Waals surface area contributed by atoms with E-state index in [1.807, 2.05) is 36.4 Å². The first-order valence-electron chi connectivity index (χ1n) is 19.2. The Kier molecular flexibility index (Phi) is 8.06. The Morgan fingerprint density at radius 3 is 1.48 bits per heavy atom. The van der Waals surface area contributed by atoms with Gasteiger partial charge in [0.05, 0.1) is 0 Å². The molecule has 2 aliphatic rings. The van der Waals surface area contributed by atoms with E-state index in [0.717, 1.165) is 27.8 Å². The normalized spacial score (nSPS) is 14.1. The van der Waals surface area contributed by atoms with Gasteiger partial charge >= 0.3 is 0 Å². The van der Waals surface area contributed by atoms with Crippen molar-refractivity contribution >= 4 is 0 Å². The second kappa shape index (κ2) is 13.5. The first-order valence-corrected chi connectivity index (χ1v) is 19.2. The third kappa shape index (κ3) is 5.64. The lowest BCUT2D eigenvalue weighted by Gasteiger charge is -2.36. The van der Waals surface area contributed by atoms with Crippen molar-refractivity contribution in [1.82, 2.24) is 15.0 Å². The third-order valence-corrected chi connectivity index (χ3v) is 11.5. The Morgan fingerprint density at radius 1 is 0.296 bits per heavy atom. The van der Waals surface area contributed by atoms with Crippen molar-refractivity contribution in [3.8, 4) is 78.7 Å². The lowest BCUT2D eigenvalue weighted by Crippen LogP contribution is -2.27. The van der Waals surface area contributed by atoms with E-state index < -0.39 is 0 Å². The lowest BCUT2D eigenvalue weighted by molar-refractivity contribution is 0.353. The summed E-state index contributed by atoms with van der Waals surface area (Å²) in [5.74, 6) is 1.96. The van der Waals surface area contributed by atoms with E-state index in [4.69, 9.17) is 15.0 Å². The Balaban J connectivity index is 1.11. The Bertz CT molecular complexity index is 2570. The number of benzene rings is 7. The van der Waals surface area contributed by atoms with Crippen molar-refractivity contribution < 1.29 is 0 Å². The highest BCUT2D eigenvalue weighted by Crippen LogP contribution is 2.56. The summed E-state index contributed by atoms with van der Waals surface area (Å²) in [6.45, 7) is 0. The van der Waals surface area contributed by atoms with Crippen LogP contribution in [0, 0.1) is 0 Å². The molecule has 7 aromatic carbocycles.